The molecule has 0 saturated heterocycles. The van der Waals surface area contributed by atoms with E-state index in [0.29, 0.717) is 0 Å². The number of para-hydroxylation sites is 1. The molecule has 0 bridgehead atoms. The van der Waals surface area contributed by atoms with Crippen molar-refractivity contribution in [2.45, 2.75) is 30.4 Å². The minimum atomic E-state index is 0.836. The zero-order valence-corrected chi connectivity index (χ0v) is 15.0. The van der Waals surface area contributed by atoms with Gasteiger partial charge in [0.25, 0.3) is 0 Å². The molecule has 0 fully saturated rings. The molecule has 1 N–H and O–H groups in total. The topological polar surface area (TPSA) is 55.6 Å². The molecule has 0 unspecified atom stereocenters. The first kappa shape index (κ1) is 16.0. The lowest BCUT2D eigenvalue weighted by Gasteiger charge is -2.11. The Morgan fingerprint density at radius 3 is 2.91 bits per heavy atom. The van der Waals surface area contributed by atoms with E-state index in [1.54, 1.807) is 23.1 Å². The van der Waals surface area contributed by atoms with Crippen molar-refractivity contribution in [3.8, 4) is 0 Å². The molecule has 1 aromatic carbocycles. The lowest BCUT2D eigenvalue weighted by molar-refractivity contribution is 0.767. The van der Waals surface area contributed by atoms with Gasteiger partial charge in [-0.2, -0.15) is 5.10 Å². The Labute approximate surface area is 144 Å². The van der Waals surface area contributed by atoms with Gasteiger partial charge in [-0.05, 0) is 24.5 Å². The van der Waals surface area contributed by atoms with Crippen LogP contribution >= 0.6 is 23.1 Å². The first-order valence-electron chi connectivity index (χ1n) is 7.45. The summed E-state index contributed by atoms with van der Waals surface area (Å²) in [5.41, 5.74) is 4.86. The normalized spacial score (nSPS) is 10.9. The van der Waals surface area contributed by atoms with Gasteiger partial charge in [0.15, 0.2) is 4.34 Å². The molecule has 0 spiro atoms. The monoisotopic (exact) mass is 345 g/mol. The third-order valence-corrected chi connectivity index (χ3v) is 5.54. The molecule has 0 aliphatic rings. The number of rotatable bonds is 6. The van der Waals surface area contributed by atoms with Gasteiger partial charge in [0.05, 0.1) is 6.20 Å². The molecule has 0 saturated carbocycles. The summed E-state index contributed by atoms with van der Waals surface area (Å²) in [4.78, 5) is 0. The maximum Gasteiger partial charge on any atom is 0.210 e. The van der Waals surface area contributed by atoms with Gasteiger partial charge in [0.1, 0.15) is 0 Å². The highest BCUT2D eigenvalue weighted by Gasteiger charge is 2.09. The molecule has 0 amide bonds. The summed E-state index contributed by atoms with van der Waals surface area (Å²) in [7, 11) is 1.93. The molecule has 5 nitrogen and oxygen atoms in total. The van der Waals surface area contributed by atoms with Crippen molar-refractivity contribution >= 4 is 33.9 Å². The Kier molecular flexibility index (Phi) is 4.97. The summed E-state index contributed by atoms with van der Waals surface area (Å²) in [6, 6.07) is 6.35. The Hall–Kier alpha value is -1.86. The molecule has 3 aromatic rings. The number of thioether (sulfide) groups is 1. The summed E-state index contributed by atoms with van der Waals surface area (Å²) in [5.74, 6) is 0.854. The van der Waals surface area contributed by atoms with E-state index in [9.17, 15) is 0 Å². The predicted octanol–water partition coefficient (Wildman–Crippen LogP) is 4.18. The van der Waals surface area contributed by atoms with Crippen LogP contribution in [0.15, 0.2) is 34.9 Å². The van der Waals surface area contributed by atoms with Gasteiger partial charge in [-0.3, -0.25) is 4.68 Å². The summed E-state index contributed by atoms with van der Waals surface area (Å²) < 4.78 is 2.77. The van der Waals surface area contributed by atoms with Gasteiger partial charge in [-0.25, -0.2) is 0 Å². The van der Waals surface area contributed by atoms with Crippen LogP contribution in [0.1, 0.15) is 23.6 Å². The quantitative estimate of drug-likeness (QED) is 0.679. The number of aryl methyl sites for hydroxylation is 3. The number of nitrogens with zero attached hydrogens (tertiary/aromatic N) is 4. The van der Waals surface area contributed by atoms with Crippen LogP contribution in [-0.2, 0) is 19.2 Å². The molecular weight excluding hydrogens is 326 g/mol. The molecule has 2 heterocycles. The summed E-state index contributed by atoms with van der Waals surface area (Å²) >= 11 is 3.27. The Morgan fingerprint density at radius 2 is 2.17 bits per heavy atom. The highest BCUT2D eigenvalue weighted by atomic mass is 32.2. The van der Waals surface area contributed by atoms with E-state index >= 15 is 0 Å². The molecule has 0 radical (unpaired) electrons. The SMILES string of the molecule is CCc1cccc(C)c1Nc1nnc(SCc2cnn(C)c2)s1. The zero-order chi connectivity index (χ0) is 16.2. The highest BCUT2D eigenvalue weighted by Crippen LogP contribution is 2.31. The van der Waals surface area contributed by atoms with E-state index in [-0.39, 0.29) is 0 Å². The second-order valence-electron chi connectivity index (χ2n) is 5.27. The van der Waals surface area contributed by atoms with E-state index in [2.05, 4.69) is 52.7 Å². The van der Waals surface area contributed by atoms with E-state index in [1.165, 1.54) is 16.7 Å². The molecule has 120 valence electrons. The van der Waals surface area contributed by atoms with Crippen LogP contribution in [0.3, 0.4) is 0 Å². The molecule has 0 aliphatic heterocycles. The number of aromatic nitrogens is 4. The van der Waals surface area contributed by atoms with Gasteiger partial charge in [-0.1, -0.05) is 48.2 Å². The fraction of sp³-hybridized carbons (Fsp3) is 0.312. The van der Waals surface area contributed by atoms with Crippen molar-refractivity contribution in [3.05, 3.63) is 47.3 Å². The minimum Gasteiger partial charge on any atom is -0.330 e. The van der Waals surface area contributed by atoms with E-state index < -0.39 is 0 Å². The number of anilines is 2. The van der Waals surface area contributed by atoms with E-state index in [1.807, 2.05) is 24.1 Å². The van der Waals surface area contributed by atoms with Crippen LogP contribution in [0.4, 0.5) is 10.8 Å². The second kappa shape index (κ2) is 7.14. The molecule has 2 aromatic heterocycles. The van der Waals surface area contributed by atoms with Crippen molar-refractivity contribution in [3.63, 3.8) is 0 Å². The fourth-order valence-electron chi connectivity index (χ4n) is 2.32. The van der Waals surface area contributed by atoms with Crippen LogP contribution in [0.25, 0.3) is 0 Å². The third kappa shape index (κ3) is 3.92. The maximum absolute atomic E-state index is 4.26. The average Bonchev–Trinajstić information content (AvgIpc) is 3.16. The van der Waals surface area contributed by atoms with Gasteiger partial charge < -0.3 is 5.32 Å². The van der Waals surface area contributed by atoms with Gasteiger partial charge in [0.2, 0.25) is 5.13 Å². The van der Waals surface area contributed by atoms with Crippen molar-refractivity contribution < 1.29 is 0 Å². The van der Waals surface area contributed by atoms with E-state index in [0.717, 1.165) is 27.3 Å². The van der Waals surface area contributed by atoms with E-state index in [4.69, 9.17) is 0 Å². The van der Waals surface area contributed by atoms with Crippen LogP contribution in [0, 0.1) is 6.92 Å². The second-order valence-corrected chi connectivity index (χ2v) is 7.47. The molecular formula is C16H19N5S2. The lowest BCUT2D eigenvalue weighted by Crippen LogP contribution is -1.97. The van der Waals surface area contributed by atoms with Crippen molar-refractivity contribution in [1.82, 2.24) is 20.0 Å². The molecule has 0 atom stereocenters. The fourth-order valence-corrected chi connectivity index (χ4v) is 3.99. The zero-order valence-electron chi connectivity index (χ0n) is 13.4. The van der Waals surface area contributed by atoms with Gasteiger partial charge >= 0.3 is 0 Å². The summed E-state index contributed by atoms with van der Waals surface area (Å²) in [6.45, 7) is 4.27. The molecule has 7 heteroatoms. The van der Waals surface area contributed by atoms with Crippen molar-refractivity contribution in [1.29, 1.82) is 0 Å². The highest BCUT2D eigenvalue weighted by molar-refractivity contribution is 8.00. The van der Waals surface area contributed by atoms with Crippen LogP contribution in [-0.4, -0.2) is 20.0 Å². The summed E-state index contributed by atoms with van der Waals surface area (Å²) in [6.07, 6.45) is 4.90. The third-order valence-electron chi connectivity index (χ3n) is 3.50. The minimum absolute atomic E-state index is 0.836. The summed E-state index contributed by atoms with van der Waals surface area (Å²) in [5, 5.41) is 17.0. The Morgan fingerprint density at radius 1 is 1.30 bits per heavy atom. The number of benzene rings is 1. The number of hydrogen-bond donors (Lipinski definition) is 1. The first-order valence-corrected chi connectivity index (χ1v) is 9.25. The Bertz CT molecular complexity index is 793. The largest absolute Gasteiger partial charge is 0.330 e. The van der Waals surface area contributed by atoms with Crippen molar-refractivity contribution in [2.75, 3.05) is 5.32 Å². The Balaban J connectivity index is 1.68. The molecule has 3 rings (SSSR count). The van der Waals surface area contributed by atoms with Gasteiger partial charge in [0, 0.05) is 30.2 Å². The smallest absolute Gasteiger partial charge is 0.210 e. The first-order chi connectivity index (χ1) is 11.2. The average molecular weight is 345 g/mol. The predicted molar refractivity (Wildman–Crippen MR) is 96.5 cm³/mol. The standard InChI is InChI=1S/C16H19N5S2/c1-4-13-7-5-6-11(2)14(13)18-15-19-20-16(23-15)22-10-12-8-17-21(3)9-12/h5-9H,4,10H2,1-3H3,(H,18,19). The van der Waals surface area contributed by atoms with Crippen LogP contribution < -0.4 is 5.32 Å². The number of nitrogens with one attached hydrogen (secondary N) is 1. The van der Waals surface area contributed by atoms with Crippen molar-refractivity contribution in [2.24, 2.45) is 7.05 Å². The van der Waals surface area contributed by atoms with Crippen LogP contribution in [0.2, 0.25) is 0 Å². The lowest BCUT2D eigenvalue weighted by atomic mass is 10.1. The molecule has 23 heavy (non-hydrogen) atoms. The van der Waals surface area contributed by atoms with Crippen LogP contribution in [0.5, 0.6) is 0 Å². The van der Waals surface area contributed by atoms with Gasteiger partial charge in [-0.15, -0.1) is 10.2 Å². The molecule has 0 aliphatic carbocycles. The number of hydrogen-bond acceptors (Lipinski definition) is 6. The maximum atomic E-state index is 4.26.